The van der Waals surface area contributed by atoms with Gasteiger partial charge in [-0.3, -0.25) is 4.90 Å². The van der Waals surface area contributed by atoms with Gasteiger partial charge in [-0.05, 0) is 50.3 Å². The number of hydrogen-bond acceptors (Lipinski definition) is 4. The maximum atomic E-state index is 12.7. The summed E-state index contributed by atoms with van der Waals surface area (Å²) in [6.45, 7) is 7.25. The van der Waals surface area contributed by atoms with Gasteiger partial charge in [0, 0.05) is 51.5 Å². The first-order valence-corrected chi connectivity index (χ1v) is 9.73. The van der Waals surface area contributed by atoms with E-state index in [2.05, 4.69) is 19.7 Å². The second kappa shape index (κ2) is 7.35. The monoisotopic (exact) mass is 368 g/mol. The summed E-state index contributed by atoms with van der Waals surface area (Å²) in [6, 6.07) is 3.48. The third kappa shape index (κ3) is 4.31. The number of likely N-dealkylation sites (tertiary alicyclic amines) is 1. The summed E-state index contributed by atoms with van der Waals surface area (Å²) in [6.07, 6.45) is 2.02. The van der Waals surface area contributed by atoms with Gasteiger partial charge in [-0.25, -0.2) is 4.98 Å². The van der Waals surface area contributed by atoms with E-state index in [1.807, 2.05) is 0 Å². The lowest BCUT2D eigenvalue weighted by Crippen LogP contribution is -2.50. The lowest BCUT2D eigenvalue weighted by atomic mass is 9.97. The first-order chi connectivity index (χ1) is 12.5. The number of piperidine rings is 1. The fourth-order valence-corrected chi connectivity index (χ4v) is 4.28. The Morgan fingerprint density at radius 3 is 2.38 bits per heavy atom. The number of rotatable bonds is 4. The van der Waals surface area contributed by atoms with Gasteiger partial charge in [-0.15, -0.1) is 0 Å². The number of piperazine rings is 1. The zero-order valence-electron chi connectivity index (χ0n) is 15.1. The van der Waals surface area contributed by atoms with Crippen LogP contribution in [0, 0.1) is 5.92 Å². The Morgan fingerprint density at radius 2 is 1.77 bits per heavy atom. The lowest BCUT2D eigenvalue weighted by molar-refractivity contribution is -0.137. The maximum absolute atomic E-state index is 12.7. The average molecular weight is 368 g/mol. The van der Waals surface area contributed by atoms with Crippen LogP contribution < -0.4 is 4.90 Å². The highest BCUT2D eigenvalue weighted by Gasteiger charge is 2.33. The van der Waals surface area contributed by atoms with Gasteiger partial charge in [0.2, 0.25) is 0 Å². The molecule has 1 saturated carbocycles. The Kier molecular flexibility index (Phi) is 5.10. The molecule has 2 saturated heterocycles. The molecule has 4 nitrogen and oxygen atoms in total. The molecular weight excluding hydrogens is 341 g/mol. The van der Waals surface area contributed by atoms with Crippen LogP contribution in [0.15, 0.2) is 18.3 Å². The SMILES string of the molecule is FC(F)(F)c1ccc(N2CCN(CC3CCCN(C4CC4)C3)CC2)nc1. The summed E-state index contributed by atoms with van der Waals surface area (Å²) < 4.78 is 38.0. The molecule has 144 valence electrons. The summed E-state index contributed by atoms with van der Waals surface area (Å²) in [5, 5.41) is 0. The topological polar surface area (TPSA) is 22.6 Å². The van der Waals surface area contributed by atoms with Crippen LogP contribution in [-0.2, 0) is 6.18 Å². The minimum Gasteiger partial charge on any atom is -0.354 e. The first-order valence-electron chi connectivity index (χ1n) is 9.73. The maximum Gasteiger partial charge on any atom is 0.417 e. The molecule has 7 heteroatoms. The number of nitrogens with zero attached hydrogens (tertiary/aromatic N) is 4. The van der Waals surface area contributed by atoms with Crippen molar-refractivity contribution >= 4 is 5.82 Å². The van der Waals surface area contributed by atoms with Crippen molar-refractivity contribution in [2.24, 2.45) is 5.92 Å². The summed E-state index contributed by atoms with van der Waals surface area (Å²) in [7, 11) is 0. The van der Waals surface area contributed by atoms with Gasteiger partial charge in [0.05, 0.1) is 5.56 Å². The minimum absolute atomic E-state index is 0.648. The molecule has 0 spiro atoms. The predicted molar refractivity (Wildman–Crippen MR) is 95.2 cm³/mol. The van der Waals surface area contributed by atoms with E-state index in [1.165, 1.54) is 44.8 Å². The van der Waals surface area contributed by atoms with Crippen LogP contribution in [-0.4, -0.2) is 66.6 Å². The highest BCUT2D eigenvalue weighted by Crippen LogP contribution is 2.32. The summed E-state index contributed by atoms with van der Waals surface area (Å²) >= 11 is 0. The van der Waals surface area contributed by atoms with Gasteiger partial charge < -0.3 is 9.80 Å². The molecule has 3 aliphatic rings. The highest BCUT2D eigenvalue weighted by molar-refractivity contribution is 5.40. The second-order valence-electron chi connectivity index (χ2n) is 7.92. The zero-order chi connectivity index (χ0) is 18.1. The molecule has 1 unspecified atom stereocenters. The van der Waals surface area contributed by atoms with E-state index < -0.39 is 11.7 Å². The van der Waals surface area contributed by atoms with Crippen molar-refractivity contribution < 1.29 is 13.2 Å². The van der Waals surface area contributed by atoms with Gasteiger partial charge in [-0.1, -0.05) is 0 Å². The molecule has 0 bridgehead atoms. The number of halogens is 3. The summed E-state index contributed by atoms with van der Waals surface area (Å²) in [5.74, 6) is 1.41. The van der Waals surface area contributed by atoms with Crippen molar-refractivity contribution in [1.82, 2.24) is 14.8 Å². The molecule has 0 aromatic carbocycles. The molecule has 0 N–H and O–H groups in total. The number of alkyl halides is 3. The molecular formula is C19H27F3N4. The molecule has 1 atom stereocenters. The van der Waals surface area contributed by atoms with E-state index in [-0.39, 0.29) is 0 Å². The second-order valence-corrected chi connectivity index (χ2v) is 7.92. The molecule has 3 heterocycles. The fraction of sp³-hybridized carbons (Fsp3) is 0.737. The number of anilines is 1. The number of pyridine rings is 1. The van der Waals surface area contributed by atoms with Gasteiger partial charge in [0.15, 0.2) is 0 Å². The summed E-state index contributed by atoms with van der Waals surface area (Å²) in [4.78, 5) is 11.3. The Balaban J connectivity index is 1.26. The highest BCUT2D eigenvalue weighted by atomic mass is 19.4. The average Bonchev–Trinajstić information content (AvgIpc) is 3.47. The van der Waals surface area contributed by atoms with E-state index in [0.29, 0.717) is 5.82 Å². The molecule has 4 rings (SSSR count). The van der Waals surface area contributed by atoms with Gasteiger partial charge in [0.1, 0.15) is 5.82 Å². The Morgan fingerprint density at radius 1 is 1.00 bits per heavy atom. The Labute approximate surface area is 153 Å². The molecule has 1 aliphatic carbocycles. The molecule has 0 amide bonds. The van der Waals surface area contributed by atoms with Crippen LogP contribution in [0.4, 0.5) is 19.0 Å². The minimum atomic E-state index is -4.32. The van der Waals surface area contributed by atoms with Crippen LogP contribution in [0.1, 0.15) is 31.2 Å². The van der Waals surface area contributed by atoms with Gasteiger partial charge >= 0.3 is 6.18 Å². The smallest absolute Gasteiger partial charge is 0.354 e. The van der Waals surface area contributed by atoms with Crippen LogP contribution in [0.5, 0.6) is 0 Å². The van der Waals surface area contributed by atoms with Crippen LogP contribution >= 0.6 is 0 Å². The van der Waals surface area contributed by atoms with Crippen molar-refractivity contribution in [2.45, 2.75) is 37.9 Å². The van der Waals surface area contributed by atoms with E-state index in [9.17, 15) is 13.2 Å². The zero-order valence-corrected chi connectivity index (χ0v) is 15.1. The lowest BCUT2D eigenvalue weighted by Gasteiger charge is -2.39. The van der Waals surface area contributed by atoms with E-state index in [0.717, 1.165) is 56.9 Å². The van der Waals surface area contributed by atoms with Crippen molar-refractivity contribution in [1.29, 1.82) is 0 Å². The molecule has 3 fully saturated rings. The molecule has 26 heavy (non-hydrogen) atoms. The van der Waals surface area contributed by atoms with E-state index >= 15 is 0 Å². The quantitative estimate of drug-likeness (QED) is 0.815. The molecule has 0 radical (unpaired) electrons. The Bertz CT molecular complexity index is 592. The van der Waals surface area contributed by atoms with Crippen LogP contribution in [0.2, 0.25) is 0 Å². The van der Waals surface area contributed by atoms with Gasteiger partial charge in [0.25, 0.3) is 0 Å². The number of aromatic nitrogens is 1. The van der Waals surface area contributed by atoms with Gasteiger partial charge in [-0.2, -0.15) is 13.2 Å². The van der Waals surface area contributed by atoms with Crippen molar-refractivity contribution in [3.8, 4) is 0 Å². The van der Waals surface area contributed by atoms with Crippen molar-refractivity contribution in [2.75, 3.05) is 50.7 Å². The largest absolute Gasteiger partial charge is 0.417 e. The predicted octanol–water partition coefficient (Wildman–Crippen LogP) is 3.10. The van der Waals surface area contributed by atoms with Crippen LogP contribution in [0.3, 0.4) is 0 Å². The normalized spacial score (nSPS) is 26.3. The van der Waals surface area contributed by atoms with E-state index in [4.69, 9.17) is 0 Å². The third-order valence-electron chi connectivity index (χ3n) is 5.90. The van der Waals surface area contributed by atoms with Crippen LogP contribution in [0.25, 0.3) is 0 Å². The third-order valence-corrected chi connectivity index (χ3v) is 5.90. The number of hydrogen-bond donors (Lipinski definition) is 0. The first kappa shape index (κ1) is 18.0. The summed E-state index contributed by atoms with van der Waals surface area (Å²) in [5.41, 5.74) is -0.683. The fourth-order valence-electron chi connectivity index (χ4n) is 4.28. The van der Waals surface area contributed by atoms with Crippen molar-refractivity contribution in [3.05, 3.63) is 23.9 Å². The molecule has 2 aliphatic heterocycles. The molecule has 1 aromatic rings. The van der Waals surface area contributed by atoms with E-state index in [1.54, 1.807) is 0 Å². The Hall–Kier alpha value is -1.34. The standard InChI is InChI=1S/C19H27F3N4/c20-19(21,22)16-3-6-18(23-12-16)25-10-8-24(9-11-25)13-15-2-1-7-26(14-15)17-4-5-17/h3,6,12,15,17H,1-2,4-5,7-11,13-14H2. The van der Waals surface area contributed by atoms with Crippen molar-refractivity contribution in [3.63, 3.8) is 0 Å². The molecule has 1 aromatic heterocycles.